The summed E-state index contributed by atoms with van der Waals surface area (Å²) in [6, 6.07) is 2.05. The maximum Gasteiger partial charge on any atom is 0.152 e. The van der Waals surface area contributed by atoms with Gasteiger partial charge in [0.15, 0.2) is 5.82 Å². The largest absolute Gasteiger partial charge is 0.367 e. The van der Waals surface area contributed by atoms with Crippen molar-refractivity contribution < 1.29 is 0 Å². The van der Waals surface area contributed by atoms with Gasteiger partial charge in [0.05, 0.1) is 5.69 Å². The molecule has 5 heteroatoms. The normalized spacial score (nSPS) is 11.4. The summed E-state index contributed by atoms with van der Waals surface area (Å²) in [5, 5.41) is 7.80. The molecule has 0 saturated heterocycles. The van der Waals surface area contributed by atoms with Crippen molar-refractivity contribution in [3.05, 3.63) is 24.2 Å². The Morgan fingerprint density at radius 1 is 1.32 bits per heavy atom. The number of nitrogens with zero attached hydrogens (tertiary/aromatic N) is 4. The number of anilines is 1. The van der Waals surface area contributed by atoms with Crippen LogP contribution >= 0.6 is 0 Å². The summed E-state index contributed by atoms with van der Waals surface area (Å²) in [6.45, 7) is 10.6. The summed E-state index contributed by atoms with van der Waals surface area (Å²) >= 11 is 0. The maximum absolute atomic E-state index is 4.40. The molecule has 0 atom stereocenters. The van der Waals surface area contributed by atoms with E-state index in [2.05, 4.69) is 40.2 Å². The molecule has 0 amide bonds. The van der Waals surface area contributed by atoms with E-state index in [1.54, 1.807) is 6.20 Å². The zero-order valence-electron chi connectivity index (χ0n) is 12.1. The molecule has 2 aromatic rings. The fourth-order valence-electron chi connectivity index (χ4n) is 2.26. The van der Waals surface area contributed by atoms with Crippen LogP contribution in [0.3, 0.4) is 0 Å². The van der Waals surface area contributed by atoms with E-state index in [1.165, 1.54) is 6.42 Å². The Kier molecular flexibility index (Phi) is 4.74. The molecule has 0 aromatic carbocycles. The molecule has 2 rings (SSSR count). The first-order chi connectivity index (χ1) is 9.24. The van der Waals surface area contributed by atoms with Crippen LogP contribution in [-0.2, 0) is 0 Å². The summed E-state index contributed by atoms with van der Waals surface area (Å²) in [5.41, 5.74) is 2.05. The Bertz CT molecular complexity index is 520. The van der Waals surface area contributed by atoms with Crippen LogP contribution in [0.15, 0.2) is 18.5 Å². The van der Waals surface area contributed by atoms with Crippen molar-refractivity contribution in [2.24, 2.45) is 0 Å². The number of hydrogen-bond donors (Lipinski definition) is 1. The third kappa shape index (κ3) is 3.44. The number of aromatic nitrogens is 3. The molecular weight excluding hydrogens is 238 g/mol. The van der Waals surface area contributed by atoms with Gasteiger partial charge in [-0.2, -0.15) is 5.10 Å². The van der Waals surface area contributed by atoms with Crippen LogP contribution in [-0.4, -0.2) is 45.7 Å². The molecule has 0 spiro atoms. The van der Waals surface area contributed by atoms with E-state index in [4.69, 9.17) is 0 Å². The van der Waals surface area contributed by atoms with Gasteiger partial charge in [-0.15, -0.1) is 0 Å². The molecule has 0 unspecified atom stereocenters. The summed E-state index contributed by atoms with van der Waals surface area (Å²) in [4.78, 5) is 6.84. The first kappa shape index (κ1) is 13.8. The molecule has 1 N–H and O–H groups in total. The highest BCUT2D eigenvalue weighted by Gasteiger charge is 2.05. The quantitative estimate of drug-likeness (QED) is 0.830. The van der Waals surface area contributed by atoms with E-state index in [1.807, 2.05) is 17.6 Å². The van der Waals surface area contributed by atoms with Crippen LogP contribution in [0.4, 0.5) is 5.82 Å². The molecule has 0 aliphatic carbocycles. The lowest BCUT2D eigenvalue weighted by molar-refractivity contribution is 0.300. The van der Waals surface area contributed by atoms with Gasteiger partial charge in [0.1, 0.15) is 5.52 Å². The van der Waals surface area contributed by atoms with Crippen LogP contribution in [0, 0.1) is 6.92 Å². The maximum atomic E-state index is 4.40. The minimum Gasteiger partial charge on any atom is -0.367 e. The van der Waals surface area contributed by atoms with Crippen molar-refractivity contribution in [3.8, 4) is 0 Å². The van der Waals surface area contributed by atoms with Gasteiger partial charge in [-0.1, -0.05) is 13.8 Å². The molecular formula is C14H23N5. The standard InChI is InChI=1S/C14H23N5/c1-4-8-18(5-2)9-6-15-14-13-11-12(3)17-19(13)10-7-16-14/h7,10-11H,4-6,8-9H2,1-3H3,(H,15,16). The van der Waals surface area contributed by atoms with Gasteiger partial charge in [0.2, 0.25) is 0 Å². The van der Waals surface area contributed by atoms with Crippen molar-refractivity contribution in [2.75, 3.05) is 31.5 Å². The first-order valence-electron chi connectivity index (χ1n) is 7.01. The zero-order valence-corrected chi connectivity index (χ0v) is 12.1. The lowest BCUT2D eigenvalue weighted by Gasteiger charge is -2.19. The van der Waals surface area contributed by atoms with Crippen molar-refractivity contribution >= 4 is 11.3 Å². The average Bonchev–Trinajstić information content (AvgIpc) is 2.78. The highest BCUT2D eigenvalue weighted by atomic mass is 15.2. The van der Waals surface area contributed by atoms with Gasteiger partial charge in [-0.3, -0.25) is 0 Å². The lowest BCUT2D eigenvalue weighted by atomic mass is 10.4. The molecule has 0 radical (unpaired) electrons. The van der Waals surface area contributed by atoms with E-state index in [-0.39, 0.29) is 0 Å². The van der Waals surface area contributed by atoms with Crippen LogP contribution in [0.2, 0.25) is 0 Å². The van der Waals surface area contributed by atoms with Crippen molar-refractivity contribution in [3.63, 3.8) is 0 Å². The summed E-state index contributed by atoms with van der Waals surface area (Å²) in [6.07, 6.45) is 4.86. The molecule has 2 aromatic heterocycles. The second-order valence-electron chi connectivity index (χ2n) is 4.75. The summed E-state index contributed by atoms with van der Waals surface area (Å²) < 4.78 is 1.87. The smallest absolute Gasteiger partial charge is 0.152 e. The third-order valence-corrected chi connectivity index (χ3v) is 3.22. The number of nitrogens with one attached hydrogen (secondary N) is 1. The summed E-state index contributed by atoms with van der Waals surface area (Å²) in [7, 11) is 0. The fourth-order valence-corrected chi connectivity index (χ4v) is 2.26. The molecule has 0 aliphatic rings. The highest BCUT2D eigenvalue weighted by molar-refractivity contribution is 5.67. The minimum absolute atomic E-state index is 0.907. The molecule has 2 heterocycles. The van der Waals surface area contributed by atoms with Gasteiger partial charge in [-0.25, -0.2) is 9.50 Å². The lowest BCUT2D eigenvalue weighted by Crippen LogP contribution is -2.29. The number of hydrogen-bond acceptors (Lipinski definition) is 4. The van der Waals surface area contributed by atoms with Crippen molar-refractivity contribution in [1.29, 1.82) is 0 Å². The first-order valence-corrected chi connectivity index (χ1v) is 7.01. The van der Waals surface area contributed by atoms with Crippen molar-refractivity contribution in [1.82, 2.24) is 19.5 Å². The Labute approximate surface area is 114 Å². The predicted molar refractivity (Wildman–Crippen MR) is 78.6 cm³/mol. The Morgan fingerprint density at radius 3 is 2.89 bits per heavy atom. The zero-order chi connectivity index (χ0) is 13.7. The molecule has 0 aliphatic heterocycles. The number of fused-ring (bicyclic) bond motifs is 1. The second kappa shape index (κ2) is 6.52. The van der Waals surface area contributed by atoms with Crippen LogP contribution < -0.4 is 5.32 Å². The van der Waals surface area contributed by atoms with Gasteiger partial charge in [0, 0.05) is 25.5 Å². The van der Waals surface area contributed by atoms with Gasteiger partial charge in [-0.05, 0) is 32.5 Å². The van der Waals surface area contributed by atoms with E-state index in [0.29, 0.717) is 0 Å². The van der Waals surface area contributed by atoms with Gasteiger partial charge in [0.25, 0.3) is 0 Å². The molecule has 104 valence electrons. The van der Waals surface area contributed by atoms with E-state index >= 15 is 0 Å². The predicted octanol–water partition coefficient (Wildman–Crippen LogP) is 2.18. The Morgan fingerprint density at radius 2 is 2.16 bits per heavy atom. The fraction of sp³-hybridized carbons (Fsp3) is 0.571. The van der Waals surface area contributed by atoms with Gasteiger partial charge < -0.3 is 10.2 Å². The molecule has 5 nitrogen and oxygen atoms in total. The highest BCUT2D eigenvalue weighted by Crippen LogP contribution is 2.14. The monoisotopic (exact) mass is 261 g/mol. The summed E-state index contributed by atoms with van der Waals surface area (Å²) in [5.74, 6) is 0.913. The SMILES string of the molecule is CCCN(CC)CCNc1nccn2nc(C)cc12. The molecule has 0 saturated carbocycles. The van der Waals surface area contributed by atoms with Crippen LogP contribution in [0.5, 0.6) is 0 Å². The number of likely N-dealkylation sites (N-methyl/N-ethyl adjacent to an activating group) is 1. The Balaban J connectivity index is 1.97. The minimum atomic E-state index is 0.907. The van der Waals surface area contributed by atoms with E-state index in [0.717, 1.165) is 43.2 Å². The van der Waals surface area contributed by atoms with E-state index in [9.17, 15) is 0 Å². The second-order valence-corrected chi connectivity index (χ2v) is 4.75. The number of aryl methyl sites for hydroxylation is 1. The number of rotatable bonds is 7. The van der Waals surface area contributed by atoms with Crippen molar-refractivity contribution in [2.45, 2.75) is 27.2 Å². The average molecular weight is 261 g/mol. The molecule has 19 heavy (non-hydrogen) atoms. The van der Waals surface area contributed by atoms with Crippen LogP contribution in [0.25, 0.3) is 5.52 Å². The Hall–Kier alpha value is -1.62. The van der Waals surface area contributed by atoms with E-state index < -0.39 is 0 Å². The molecule has 0 bridgehead atoms. The van der Waals surface area contributed by atoms with Crippen LogP contribution in [0.1, 0.15) is 26.0 Å². The molecule has 0 fully saturated rings. The van der Waals surface area contributed by atoms with Gasteiger partial charge >= 0.3 is 0 Å². The topological polar surface area (TPSA) is 45.5 Å². The third-order valence-electron chi connectivity index (χ3n) is 3.22.